The monoisotopic (exact) mass is 286 g/mol. The number of anilines is 2. The Morgan fingerprint density at radius 1 is 1.21 bits per heavy atom. The van der Waals surface area contributed by atoms with Crippen LogP contribution in [0.15, 0.2) is 24.3 Å². The quantitative estimate of drug-likeness (QED) is 0.446. The second kappa shape index (κ2) is 6.95. The lowest BCUT2D eigenvalue weighted by molar-refractivity contribution is 0.252. The smallest absolute Gasteiger partial charge is 0.319 e. The van der Waals surface area contributed by atoms with Crippen LogP contribution in [0.1, 0.15) is 6.42 Å². The highest BCUT2D eigenvalue weighted by atomic mass is 32.2. The fourth-order valence-electron chi connectivity index (χ4n) is 1.29. The molecule has 2 amide bonds. The lowest BCUT2D eigenvalue weighted by Crippen LogP contribution is -2.32. The van der Waals surface area contributed by atoms with E-state index in [1.807, 2.05) is 0 Å². The van der Waals surface area contributed by atoms with Gasteiger partial charge < -0.3 is 16.4 Å². The molecule has 106 valence electrons. The molecule has 0 saturated heterocycles. The number of urea groups is 1. The highest BCUT2D eigenvalue weighted by molar-refractivity contribution is 7.88. The predicted molar refractivity (Wildman–Crippen MR) is 75.3 cm³/mol. The molecule has 0 atom stereocenters. The van der Waals surface area contributed by atoms with Gasteiger partial charge in [0.1, 0.15) is 0 Å². The minimum absolute atomic E-state index is 0.293. The highest BCUT2D eigenvalue weighted by Gasteiger charge is 2.02. The van der Waals surface area contributed by atoms with E-state index in [1.54, 1.807) is 24.3 Å². The van der Waals surface area contributed by atoms with Crippen molar-refractivity contribution in [1.29, 1.82) is 0 Å². The third-order valence-electron chi connectivity index (χ3n) is 2.17. The van der Waals surface area contributed by atoms with E-state index < -0.39 is 10.0 Å². The first-order valence-corrected chi connectivity index (χ1v) is 7.61. The van der Waals surface area contributed by atoms with Crippen molar-refractivity contribution in [2.75, 3.05) is 30.4 Å². The van der Waals surface area contributed by atoms with Crippen molar-refractivity contribution < 1.29 is 13.2 Å². The van der Waals surface area contributed by atoms with E-state index in [2.05, 4.69) is 15.4 Å². The van der Waals surface area contributed by atoms with Crippen LogP contribution in [0.3, 0.4) is 0 Å². The van der Waals surface area contributed by atoms with Gasteiger partial charge >= 0.3 is 6.03 Å². The molecular formula is C11H18N4O3S. The van der Waals surface area contributed by atoms with Crippen molar-refractivity contribution >= 4 is 27.4 Å². The number of nitrogens with one attached hydrogen (secondary N) is 3. The normalized spacial score (nSPS) is 11.0. The predicted octanol–water partition coefficient (Wildman–Crippen LogP) is 0.330. The van der Waals surface area contributed by atoms with Crippen molar-refractivity contribution in [2.24, 2.45) is 0 Å². The van der Waals surface area contributed by atoms with Gasteiger partial charge in [0.2, 0.25) is 10.0 Å². The number of carbonyl (C=O) groups is 1. The van der Waals surface area contributed by atoms with Gasteiger partial charge in [-0.05, 0) is 30.7 Å². The average Bonchev–Trinajstić information content (AvgIpc) is 2.30. The molecule has 0 saturated carbocycles. The molecule has 0 aliphatic rings. The maximum atomic E-state index is 11.5. The summed E-state index contributed by atoms with van der Waals surface area (Å²) in [6, 6.07) is 6.42. The Morgan fingerprint density at radius 3 is 2.42 bits per heavy atom. The SMILES string of the molecule is CS(=O)(=O)NCCCNC(=O)Nc1ccc(N)cc1. The van der Waals surface area contributed by atoms with Crippen molar-refractivity contribution in [3.63, 3.8) is 0 Å². The van der Waals surface area contributed by atoms with Crippen LogP contribution in [0, 0.1) is 0 Å². The zero-order valence-electron chi connectivity index (χ0n) is 10.6. The average molecular weight is 286 g/mol. The maximum absolute atomic E-state index is 11.5. The van der Waals surface area contributed by atoms with Crippen LogP contribution in [0.5, 0.6) is 0 Å². The molecular weight excluding hydrogens is 268 g/mol. The van der Waals surface area contributed by atoms with E-state index in [0.29, 0.717) is 30.9 Å². The van der Waals surface area contributed by atoms with E-state index in [-0.39, 0.29) is 6.03 Å². The molecule has 1 aromatic carbocycles. The molecule has 0 aliphatic carbocycles. The van der Waals surface area contributed by atoms with Gasteiger partial charge in [0.25, 0.3) is 0 Å². The number of nitrogen functional groups attached to an aromatic ring is 1. The number of nitrogens with two attached hydrogens (primary N) is 1. The summed E-state index contributed by atoms with van der Waals surface area (Å²) in [6.07, 6.45) is 1.61. The summed E-state index contributed by atoms with van der Waals surface area (Å²) in [6.45, 7) is 0.671. The lowest BCUT2D eigenvalue weighted by atomic mass is 10.3. The van der Waals surface area contributed by atoms with Gasteiger partial charge in [-0.1, -0.05) is 0 Å². The Kier molecular flexibility index (Phi) is 5.58. The third kappa shape index (κ3) is 7.27. The van der Waals surface area contributed by atoms with Gasteiger partial charge in [-0.3, -0.25) is 0 Å². The van der Waals surface area contributed by atoms with Gasteiger partial charge in [-0.25, -0.2) is 17.9 Å². The first-order valence-electron chi connectivity index (χ1n) is 5.72. The Morgan fingerprint density at radius 2 is 1.84 bits per heavy atom. The molecule has 19 heavy (non-hydrogen) atoms. The molecule has 0 radical (unpaired) electrons. The number of benzene rings is 1. The summed E-state index contributed by atoms with van der Waals surface area (Å²) in [5.74, 6) is 0. The van der Waals surface area contributed by atoms with Crippen molar-refractivity contribution in [3.05, 3.63) is 24.3 Å². The standard InChI is InChI=1S/C11H18N4O3S/c1-19(17,18)14-8-2-7-13-11(16)15-10-5-3-9(12)4-6-10/h3-6,14H,2,7-8,12H2,1H3,(H2,13,15,16). The van der Waals surface area contributed by atoms with Crippen molar-refractivity contribution in [1.82, 2.24) is 10.0 Å². The van der Waals surface area contributed by atoms with Gasteiger partial charge in [-0.2, -0.15) is 0 Å². The molecule has 0 unspecified atom stereocenters. The van der Waals surface area contributed by atoms with E-state index in [4.69, 9.17) is 5.73 Å². The van der Waals surface area contributed by atoms with Gasteiger partial charge in [-0.15, -0.1) is 0 Å². The number of sulfonamides is 1. The number of carbonyl (C=O) groups excluding carboxylic acids is 1. The Labute approximate surface area is 112 Å². The summed E-state index contributed by atoms with van der Waals surface area (Å²) >= 11 is 0. The van der Waals surface area contributed by atoms with Crippen molar-refractivity contribution in [2.45, 2.75) is 6.42 Å². The van der Waals surface area contributed by atoms with Crippen LogP contribution in [0.2, 0.25) is 0 Å². The number of hydrogen-bond acceptors (Lipinski definition) is 4. The van der Waals surface area contributed by atoms with Gasteiger partial charge in [0.05, 0.1) is 6.26 Å². The van der Waals surface area contributed by atoms with Crippen LogP contribution < -0.4 is 21.1 Å². The Hall–Kier alpha value is -1.80. The van der Waals surface area contributed by atoms with Crippen LogP contribution in [-0.4, -0.2) is 33.8 Å². The molecule has 0 fully saturated rings. The largest absolute Gasteiger partial charge is 0.399 e. The fourth-order valence-corrected chi connectivity index (χ4v) is 1.80. The fraction of sp³-hybridized carbons (Fsp3) is 0.364. The molecule has 1 aromatic rings. The summed E-state index contributed by atoms with van der Waals surface area (Å²) in [4.78, 5) is 11.5. The molecule has 7 nitrogen and oxygen atoms in total. The van der Waals surface area contributed by atoms with E-state index in [1.165, 1.54) is 0 Å². The minimum Gasteiger partial charge on any atom is -0.399 e. The first kappa shape index (κ1) is 15.3. The van der Waals surface area contributed by atoms with Crippen molar-refractivity contribution in [3.8, 4) is 0 Å². The van der Waals surface area contributed by atoms with Crippen LogP contribution >= 0.6 is 0 Å². The summed E-state index contributed by atoms with van der Waals surface area (Å²) < 4.78 is 23.9. The molecule has 0 spiro atoms. The zero-order valence-corrected chi connectivity index (χ0v) is 11.5. The first-order chi connectivity index (χ1) is 8.87. The van der Waals surface area contributed by atoms with Gasteiger partial charge in [0.15, 0.2) is 0 Å². The van der Waals surface area contributed by atoms with E-state index in [9.17, 15) is 13.2 Å². The molecule has 8 heteroatoms. The highest BCUT2D eigenvalue weighted by Crippen LogP contribution is 2.09. The maximum Gasteiger partial charge on any atom is 0.319 e. The van der Waals surface area contributed by atoms with Crippen LogP contribution in [0.4, 0.5) is 16.2 Å². The molecule has 0 heterocycles. The summed E-state index contributed by atoms with van der Waals surface area (Å²) in [7, 11) is -3.17. The second-order valence-electron chi connectivity index (χ2n) is 4.02. The Balaban J connectivity index is 2.20. The Bertz CT molecular complexity index is 513. The van der Waals surface area contributed by atoms with Crippen LogP contribution in [0.25, 0.3) is 0 Å². The third-order valence-corrected chi connectivity index (χ3v) is 2.90. The van der Waals surface area contributed by atoms with E-state index >= 15 is 0 Å². The van der Waals surface area contributed by atoms with Gasteiger partial charge in [0, 0.05) is 24.5 Å². The minimum atomic E-state index is -3.17. The van der Waals surface area contributed by atoms with Crippen LogP contribution in [-0.2, 0) is 10.0 Å². The number of hydrogen-bond donors (Lipinski definition) is 4. The summed E-state index contributed by atoms with van der Waals surface area (Å²) in [5.41, 5.74) is 6.78. The number of amides is 2. The molecule has 0 bridgehead atoms. The summed E-state index contributed by atoms with van der Waals surface area (Å²) in [5, 5.41) is 5.25. The topological polar surface area (TPSA) is 113 Å². The number of rotatable bonds is 6. The molecule has 0 aromatic heterocycles. The molecule has 5 N–H and O–H groups in total. The molecule has 0 aliphatic heterocycles. The van der Waals surface area contributed by atoms with E-state index in [0.717, 1.165) is 6.26 Å². The lowest BCUT2D eigenvalue weighted by Gasteiger charge is -2.08. The zero-order chi connectivity index (χ0) is 14.3. The second-order valence-corrected chi connectivity index (χ2v) is 5.86. The molecule has 1 rings (SSSR count).